The first-order valence-electron chi connectivity index (χ1n) is 9.82. The Morgan fingerprint density at radius 1 is 1.09 bits per heavy atom. The summed E-state index contributed by atoms with van der Waals surface area (Å²) in [6, 6.07) is 14.1. The van der Waals surface area contributed by atoms with Crippen molar-refractivity contribution in [3.05, 3.63) is 54.2 Å². The average molecular weight is 458 g/mol. The molecule has 2 N–H and O–H groups in total. The van der Waals surface area contributed by atoms with Crippen molar-refractivity contribution in [2.75, 3.05) is 34.4 Å². The lowest BCUT2D eigenvalue weighted by molar-refractivity contribution is -0.133. The number of thioether (sulfide) groups is 1. The number of nitrogens with zero attached hydrogens (tertiary/aromatic N) is 4. The van der Waals surface area contributed by atoms with Crippen molar-refractivity contribution in [3.8, 4) is 5.69 Å². The Hall–Kier alpha value is -3.47. The number of alkyl halides is 2. The number of para-hydroxylation sites is 1. The Labute approximate surface area is 187 Å². The standard InChI is InChI=1S/C21H20F2N6O2S/c1-13-19(27-29(26-13)15-5-3-2-4-6-15)25-21(31)20(30)24-14-7-8-17-16(11-14)28(9-10-32-17)12-18(22)23/h2-8,11,18H,9-10,12H2,1H3,(H,24,30)(H,25,27,31). The van der Waals surface area contributed by atoms with Gasteiger partial charge in [-0.15, -0.1) is 21.7 Å². The molecule has 0 fully saturated rings. The maximum atomic E-state index is 12.9. The normalized spacial score (nSPS) is 13.1. The van der Waals surface area contributed by atoms with Gasteiger partial charge in [0, 0.05) is 22.9 Å². The van der Waals surface area contributed by atoms with E-state index in [1.165, 1.54) is 4.80 Å². The van der Waals surface area contributed by atoms with Gasteiger partial charge in [0.15, 0.2) is 5.82 Å². The molecule has 0 radical (unpaired) electrons. The SMILES string of the molecule is Cc1nn(-c2ccccc2)nc1NC(=O)C(=O)Nc1ccc2c(c1)N(CC(F)F)CCS2. The lowest BCUT2D eigenvalue weighted by atomic mass is 10.2. The molecule has 2 aromatic carbocycles. The molecule has 0 saturated carbocycles. The Balaban J connectivity index is 1.45. The van der Waals surface area contributed by atoms with E-state index in [1.54, 1.807) is 41.8 Å². The highest BCUT2D eigenvalue weighted by Crippen LogP contribution is 2.36. The summed E-state index contributed by atoms with van der Waals surface area (Å²) >= 11 is 1.56. The first-order chi connectivity index (χ1) is 15.4. The maximum Gasteiger partial charge on any atom is 0.315 e. The fraction of sp³-hybridized carbons (Fsp3) is 0.238. The van der Waals surface area contributed by atoms with Crippen LogP contribution in [0.1, 0.15) is 5.69 Å². The largest absolute Gasteiger partial charge is 0.364 e. The number of halogens is 2. The van der Waals surface area contributed by atoms with E-state index in [2.05, 4.69) is 20.8 Å². The van der Waals surface area contributed by atoms with Crippen LogP contribution in [0.15, 0.2) is 53.4 Å². The molecule has 1 aromatic heterocycles. The Morgan fingerprint density at radius 3 is 2.59 bits per heavy atom. The quantitative estimate of drug-likeness (QED) is 0.570. The van der Waals surface area contributed by atoms with E-state index < -0.39 is 18.2 Å². The molecule has 1 aliphatic heterocycles. The van der Waals surface area contributed by atoms with Gasteiger partial charge in [-0.25, -0.2) is 8.78 Å². The van der Waals surface area contributed by atoms with E-state index in [1.807, 2.05) is 30.3 Å². The fourth-order valence-corrected chi connectivity index (χ4v) is 4.26. The molecule has 8 nitrogen and oxygen atoms in total. The molecule has 0 spiro atoms. The molecule has 4 rings (SSSR count). The third kappa shape index (κ3) is 4.88. The van der Waals surface area contributed by atoms with Crippen LogP contribution in [0.25, 0.3) is 5.69 Å². The van der Waals surface area contributed by atoms with Crippen LogP contribution >= 0.6 is 11.8 Å². The van der Waals surface area contributed by atoms with Gasteiger partial charge in [-0.05, 0) is 37.3 Å². The molecule has 0 saturated heterocycles. The monoisotopic (exact) mass is 458 g/mol. The number of carbonyl (C=O) groups excluding carboxylic acids is 2. The predicted molar refractivity (Wildman–Crippen MR) is 119 cm³/mol. The zero-order chi connectivity index (χ0) is 22.7. The molecule has 0 unspecified atom stereocenters. The number of amides is 2. The molecule has 166 valence electrons. The second kappa shape index (κ2) is 9.35. The van der Waals surface area contributed by atoms with E-state index in [4.69, 9.17) is 0 Å². The van der Waals surface area contributed by atoms with Crippen molar-refractivity contribution in [3.63, 3.8) is 0 Å². The number of nitrogens with one attached hydrogen (secondary N) is 2. The number of hydrogen-bond acceptors (Lipinski definition) is 6. The molecule has 0 bridgehead atoms. The van der Waals surface area contributed by atoms with Gasteiger partial charge in [0.1, 0.15) is 5.69 Å². The minimum atomic E-state index is -2.47. The van der Waals surface area contributed by atoms with Gasteiger partial charge < -0.3 is 10.2 Å². The smallest absolute Gasteiger partial charge is 0.315 e. The highest BCUT2D eigenvalue weighted by Gasteiger charge is 2.22. The van der Waals surface area contributed by atoms with Gasteiger partial charge in [-0.2, -0.15) is 5.10 Å². The molecular formula is C21H20F2N6O2S. The van der Waals surface area contributed by atoms with Crippen molar-refractivity contribution in [1.82, 2.24) is 15.0 Å². The minimum absolute atomic E-state index is 0.166. The number of aryl methyl sites for hydroxylation is 1. The molecule has 3 aromatic rings. The van der Waals surface area contributed by atoms with Crippen molar-refractivity contribution < 1.29 is 18.4 Å². The van der Waals surface area contributed by atoms with Gasteiger partial charge in [-0.1, -0.05) is 18.2 Å². The van der Waals surface area contributed by atoms with Crippen LogP contribution in [0.5, 0.6) is 0 Å². The first-order valence-corrected chi connectivity index (χ1v) is 10.8. The van der Waals surface area contributed by atoms with E-state index in [9.17, 15) is 18.4 Å². The zero-order valence-corrected chi connectivity index (χ0v) is 17.9. The predicted octanol–water partition coefficient (Wildman–Crippen LogP) is 3.33. The Morgan fingerprint density at radius 2 is 1.84 bits per heavy atom. The topological polar surface area (TPSA) is 92.1 Å². The van der Waals surface area contributed by atoms with Gasteiger partial charge in [-0.3, -0.25) is 14.9 Å². The van der Waals surface area contributed by atoms with Crippen LogP contribution < -0.4 is 15.5 Å². The van der Waals surface area contributed by atoms with E-state index in [0.29, 0.717) is 35.1 Å². The zero-order valence-electron chi connectivity index (χ0n) is 17.1. The summed E-state index contributed by atoms with van der Waals surface area (Å²) in [5.74, 6) is -0.942. The van der Waals surface area contributed by atoms with Crippen LogP contribution in [0, 0.1) is 6.92 Å². The number of rotatable bonds is 5. The number of aromatic nitrogens is 3. The number of anilines is 3. The molecule has 0 atom stereocenters. The van der Waals surface area contributed by atoms with Crippen LogP contribution in [-0.2, 0) is 9.59 Å². The minimum Gasteiger partial charge on any atom is -0.364 e. The third-order valence-electron chi connectivity index (χ3n) is 4.74. The highest BCUT2D eigenvalue weighted by atomic mass is 32.2. The molecular weight excluding hydrogens is 438 g/mol. The lowest BCUT2D eigenvalue weighted by Gasteiger charge is -2.30. The van der Waals surface area contributed by atoms with Crippen LogP contribution in [0.2, 0.25) is 0 Å². The van der Waals surface area contributed by atoms with Crippen molar-refractivity contribution >= 4 is 40.8 Å². The van der Waals surface area contributed by atoms with E-state index in [0.717, 1.165) is 4.90 Å². The summed E-state index contributed by atoms with van der Waals surface area (Å²) in [5, 5.41) is 13.4. The molecule has 2 heterocycles. The molecule has 1 aliphatic rings. The summed E-state index contributed by atoms with van der Waals surface area (Å²) in [7, 11) is 0. The van der Waals surface area contributed by atoms with E-state index >= 15 is 0 Å². The van der Waals surface area contributed by atoms with Crippen molar-refractivity contribution in [2.24, 2.45) is 0 Å². The van der Waals surface area contributed by atoms with Gasteiger partial charge in [0.25, 0.3) is 6.43 Å². The first kappa shape index (κ1) is 21.8. The number of hydrogen-bond donors (Lipinski definition) is 2. The Bertz CT molecular complexity index is 1140. The fourth-order valence-electron chi connectivity index (χ4n) is 3.23. The van der Waals surface area contributed by atoms with Crippen LogP contribution in [-0.4, -0.2) is 52.1 Å². The number of carbonyl (C=O) groups is 2. The molecule has 0 aliphatic carbocycles. The maximum absolute atomic E-state index is 12.9. The van der Waals surface area contributed by atoms with Crippen molar-refractivity contribution in [2.45, 2.75) is 18.2 Å². The number of fused-ring (bicyclic) bond motifs is 1. The lowest BCUT2D eigenvalue weighted by Crippen LogP contribution is -2.34. The Kier molecular flexibility index (Phi) is 6.35. The third-order valence-corrected chi connectivity index (χ3v) is 5.79. The summed E-state index contributed by atoms with van der Waals surface area (Å²) in [6.45, 7) is 1.76. The van der Waals surface area contributed by atoms with E-state index in [-0.39, 0.29) is 12.4 Å². The van der Waals surface area contributed by atoms with Crippen LogP contribution in [0.3, 0.4) is 0 Å². The summed E-state index contributed by atoms with van der Waals surface area (Å²) in [5.41, 5.74) is 2.11. The summed E-state index contributed by atoms with van der Waals surface area (Å²) in [4.78, 5) is 28.6. The van der Waals surface area contributed by atoms with Crippen LogP contribution in [0.4, 0.5) is 26.0 Å². The molecule has 2 amide bonds. The summed E-state index contributed by atoms with van der Waals surface area (Å²) in [6.07, 6.45) is -2.47. The molecule has 11 heteroatoms. The highest BCUT2D eigenvalue weighted by molar-refractivity contribution is 7.99. The second-order valence-corrected chi connectivity index (χ2v) is 8.17. The van der Waals surface area contributed by atoms with Gasteiger partial charge in [0.2, 0.25) is 0 Å². The number of benzene rings is 2. The van der Waals surface area contributed by atoms with Crippen molar-refractivity contribution in [1.29, 1.82) is 0 Å². The van der Waals surface area contributed by atoms with Gasteiger partial charge >= 0.3 is 11.8 Å². The average Bonchev–Trinajstić information content (AvgIpc) is 3.14. The molecule has 32 heavy (non-hydrogen) atoms. The second-order valence-electron chi connectivity index (χ2n) is 7.04. The summed E-state index contributed by atoms with van der Waals surface area (Å²) < 4.78 is 25.8. The van der Waals surface area contributed by atoms with Gasteiger partial charge in [0.05, 0.1) is 17.9 Å².